The summed E-state index contributed by atoms with van der Waals surface area (Å²) in [5.74, 6) is 1.07. The molecule has 0 aliphatic heterocycles. The van der Waals surface area contributed by atoms with E-state index in [4.69, 9.17) is 0 Å². The summed E-state index contributed by atoms with van der Waals surface area (Å²) in [5.41, 5.74) is 0. The summed E-state index contributed by atoms with van der Waals surface area (Å²) >= 11 is 0. The van der Waals surface area contributed by atoms with Crippen molar-refractivity contribution >= 4 is 11.9 Å². The molecule has 2 rings (SSSR count). The number of carbonyl (C=O) groups is 2. The molecular weight excluding hydrogens is 242 g/mol. The first-order valence-electron chi connectivity index (χ1n) is 7.08. The topological polar surface area (TPSA) is 46.6 Å². The first-order chi connectivity index (χ1) is 9.02. The first-order valence-corrected chi connectivity index (χ1v) is 7.08. The van der Waals surface area contributed by atoms with Crippen molar-refractivity contribution in [1.82, 2.24) is 4.90 Å². The number of allylic oxidation sites excluding steroid dienone is 2. The molecule has 0 heterocycles. The van der Waals surface area contributed by atoms with E-state index in [9.17, 15) is 9.59 Å². The van der Waals surface area contributed by atoms with Gasteiger partial charge in [0, 0.05) is 18.5 Å². The van der Waals surface area contributed by atoms with Gasteiger partial charge in [0.1, 0.15) is 0 Å². The van der Waals surface area contributed by atoms with Crippen LogP contribution >= 0.6 is 0 Å². The lowest BCUT2D eigenvalue weighted by Gasteiger charge is -2.31. The molecule has 2 bridgehead atoms. The molecule has 0 aromatic heterocycles. The molecule has 19 heavy (non-hydrogen) atoms. The van der Waals surface area contributed by atoms with Crippen molar-refractivity contribution in [3.05, 3.63) is 12.2 Å². The second-order valence-electron chi connectivity index (χ2n) is 5.84. The fraction of sp³-hybridized carbons (Fsp3) is 0.733. The molecule has 0 saturated heterocycles. The summed E-state index contributed by atoms with van der Waals surface area (Å²) in [4.78, 5) is 25.7. The van der Waals surface area contributed by atoms with E-state index in [0.717, 1.165) is 12.8 Å². The summed E-state index contributed by atoms with van der Waals surface area (Å²) < 4.78 is 4.65. The molecule has 106 valence electrons. The number of ether oxygens (including phenoxy) is 1. The Hall–Kier alpha value is -1.32. The number of rotatable bonds is 5. The van der Waals surface area contributed by atoms with Crippen LogP contribution in [-0.4, -0.2) is 36.5 Å². The second kappa shape index (κ2) is 5.76. The van der Waals surface area contributed by atoms with Crippen molar-refractivity contribution in [2.24, 2.45) is 17.8 Å². The fourth-order valence-electron chi connectivity index (χ4n) is 3.21. The van der Waals surface area contributed by atoms with Crippen LogP contribution in [0.25, 0.3) is 0 Å². The molecule has 0 aromatic rings. The highest BCUT2D eigenvalue weighted by molar-refractivity contribution is 5.81. The van der Waals surface area contributed by atoms with Crippen molar-refractivity contribution < 1.29 is 14.3 Å². The Morgan fingerprint density at radius 3 is 2.53 bits per heavy atom. The molecule has 3 atom stereocenters. The van der Waals surface area contributed by atoms with E-state index < -0.39 is 0 Å². The van der Waals surface area contributed by atoms with Gasteiger partial charge >= 0.3 is 5.97 Å². The Bertz CT molecular complexity index is 389. The van der Waals surface area contributed by atoms with E-state index in [1.54, 1.807) is 0 Å². The van der Waals surface area contributed by atoms with E-state index >= 15 is 0 Å². The van der Waals surface area contributed by atoms with Crippen molar-refractivity contribution in [3.8, 4) is 0 Å². The lowest BCUT2D eigenvalue weighted by atomic mass is 9.91. The van der Waals surface area contributed by atoms with Crippen molar-refractivity contribution in [2.75, 3.05) is 13.7 Å². The molecule has 1 amide bonds. The standard InChI is InChI=1S/C15H23NO3/c1-10(2)16(7-6-14(17)19-3)15(18)13-9-11-4-5-12(13)8-11/h4-5,10-13H,6-9H2,1-3H3/t11-,12-,13+/m0/s1. The van der Waals surface area contributed by atoms with E-state index in [0.29, 0.717) is 18.4 Å². The highest BCUT2D eigenvalue weighted by Gasteiger charge is 2.41. The third-order valence-electron chi connectivity index (χ3n) is 4.29. The summed E-state index contributed by atoms with van der Waals surface area (Å²) in [6.07, 6.45) is 6.80. The van der Waals surface area contributed by atoms with Gasteiger partial charge in [0.05, 0.1) is 13.5 Å². The lowest BCUT2D eigenvalue weighted by Crippen LogP contribution is -2.43. The predicted octanol–water partition coefficient (Wildman–Crippen LogP) is 2.00. The number of methoxy groups -OCH3 is 1. The van der Waals surface area contributed by atoms with E-state index in [-0.39, 0.29) is 30.3 Å². The van der Waals surface area contributed by atoms with Crippen LogP contribution in [0.3, 0.4) is 0 Å². The van der Waals surface area contributed by atoms with Gasteiger partial charge in [-0.15, -0.1) is 0 Å². The van der Waals surface area contributed by atoms with Crippen LogP contribution in [0.1, 0.15) is 33.1 Å². The number of esters is 1. The lowest BCUT2D eigenvalue weighted by molar-refractivity contribution is -0.143. The Kier molecular flexibility index (Phi) is 4.27. The van der Waals surface area contributed by atoms with E-state index in [1.807, 2.05) is 18.7 Å². The molecule has 4 heteroatoms. The van der Waals surface area contributed by atoms with Crippen LogP contribution in [-0.2, 0) is 14.3 Å². The number of carbonyl (C=O) groups excluding carboxylic acids is 2. The number of hydrogen-bond donors (Lipinski definition) is 0. The van der Waals surface area contributed by atoms with Crippen LogP contribution < -0.4 is 0 Å². The van der Waals surface area contributed by atoms with Crippen molar-refractivity contribution in [1.29, 1.82) is 0 Å². The largest absolute Gasteiger partial charge is 0.469 e. The van der Waals surface area contributed by atoms with Crippen LogP contribution in [0, 0.1) is 17.8 Å². The van der Waals surface area contributed by atoms with Gasteiger partial charge in [-0.3, -0.25) is 9.59 Å². The van der Waals surface area contributed by atoms with Gasteiger partial charge < -0.3 is 9.64 Å². The number of nitrogens with zero attached hydrogens (tertiary/aromatic N) is 1. The smallest absolute Gasteiger partial charge is 0.307 e. The van der Waals surface area contributed by atoms with Crippen LogP contribution in [0.4, 0.5) is 0 Å². The molecule has 0 spiro atoms. The normalized spacial score (nSPS) is 27.9. The third kappa shape index (κ3) is 2.99. The average molecular weight is 265 g/mol. The molecule has 0 unspecified atom stereocenters. The van der Waals surface area contributed by atoms with E-state index in [1.165, 1.54) is 7.11 Å². The average Bonchev–Trinajstić information content (AvgIpc) is 3.00. The zero-order chi connectivity index (χ0) is 14.0. The summed E-state index contributed by atoms with van der Waals surface area (Å²) in [7, 11) is 1.38. The Morgan fingerprint density at radius 1 is 1.32 bits per heavy atom. The molecule has 1 saturated carbocycles. The van der Waals surface area contributed by atoms with Crippen LogP contribution in [0.5, 0.6) is 0 Å². The molecule has 2 aliphatic carbocycles. The van der Waals surface area contributed by atoms with Crippen LogP contribution in [0.15, 0.2) is 12.2 Å². The summed E-state index contributed by atoms with van der Waals surface area (Å²) in [6.45, 7) is 4.46. The maximum Gasteiger partial charge on any atom is 0.307 e. The van der Waals surface area contributed by atoms with E-state index in [2.05, 4.69) is 16.9 Å². The minimum absolute atomic E-state index is 0.120. The quantitative estimate of drug-likeness (QED) is 0.564. The highest BCUT2D eigenvalue weighted by atomic mass is 16.5. The van der Waals surface area contributed by atoms with Gasteiger partial charge in [0.2, 0.25) is 5.91 Å². The zero-order valence-corrected chi connectivity index (χ0v) is 12.0. The minimum Gasteiger partial charge on any atom is -0.469 e. The number of fused-ring (bicyclic) bond motifs is 2. The first kappa shape index (κ1) is 14.1. The van der Waals surface area contributed by atoms with Gasteiger partial charge in [-0.25, -0.2) is 0 Å². The second-order valence-corrected chi connectivity index (χ2v) is 5.84. The third-order valence-corrected chi connectivity index (χ3v) is 4.29. The number of hydrogen-bond acceptors (Lipinski definition) is 3. The summed E-state index contributed by atoms with van der Waals surface area (Å²) in [5, 5.41) is 0. The monoisotopic (exact) mass is 265 g/mol. The SMILES string of the molecule is COC(=O)CCN(C(=O)[C@@H]1C[C@H]2C=C[C@H]1C2)C(C)C. The molecule has 2 aliphatic rings. The van der Waals surface area contributed by atoms with Crippen molar-refractivity contribution in [3.63, 3.8) is 0 Å². The Labute approximate surface area is 114 Å². The molecule has 1 fully saturated rings. The Balaban J connectivity index is 1.97. The molecule has 0 radical (unpaired) electrons. The van der Waals surface area contributed by atoms with Crippen molar-refractivity contribution in [2.45, 2.75) is 39.2 Å². The summed E-state index contributed by atoms with van der Waals surface area (Å²) in [6, 6.07) is 0.125. The van der Waals surface area contributed by atoms with Gasteiger partial charge in [-0.1, -0.05) is 12.2 Å². The maximum atomic E-state index is 12.6. The van der Waals surface area contributed by atoms with Gasteiger partial charge in [0.15, 0.2) is 0 Å². The van der Waals surface area contributed by atoms with Gasteiger partial charge in [0.25, 0.3) is 0 Å². The van der Waals surface area contributed by atoms with Gasteiger partial charge in [-0.2, -0.15) is 0 Å². The Morgan fingerprint density at radius 2 is 2.05 bits per heavy atom. The number of amides is 1. The fourth-order valence-corrected chi connectivity index (χ4v) is 3.21. The molecule has 0 N–H and O–H groups in total. The molecular formula is C15H23NO3. The zero-order valence-electron chi connectivity index (χ0n) is 12.0. The van der Waals surface area contributed by atoms with Gasteiger partial charge in [-0.05, 0) is 38.5 Å². The predicted molar refractivity (Wildman–Crippen MR) is 72.3 cm³/mol. The minimum atomic E-state index is -0.258. The molecule has 4 nitrogen and oxygen atoms in total. The molecule has 0 aromatic carbocycles. The van der Waals surface area contributed by atoms with Crippen LogP contribution in [0.2, 0.25) is 0 Å². The highest BCUT2D eigenvalue weighted by Crippen LogP contribution is 2.44. The maximum absolute atomic E-state index is 12.6.